The standard InChI is InChI=1S/C21H20F2N4OS/c1-13-14(2)29-20(25-13)16-4-6-19(24-12-16)26-7-9-27(10-8-26)21(28)15-3-5-17(22)18(23)11-15/h3-6,11-12H,7-10H2,1-2H3. The van der Waals surface area contributed by atoms with Crippen molar-refractivity contribution in [1.29, 1.82) is 0 Å². The largest absolute Gasteiger partial charge is 0.353 e. The van der Waals surface area contributed by atoms with E-state index in [4.69, 9.17) is 0 Å². The molecule has 0 N–H and O–H groups in total. The number of benzene rings is 1. The lowest BCUT2D eigenvalue weighted by Gasteiger charge is -2.35. The Bertz CT molecular complexity index is 1020. The molecule has 1 amide bonds. The van der Waals surface area contributed by atoms with Gasteiger partial charge in [0.2, 0.25) is 0 Å². The molecule has 29 heavy (non-hydrogen) atoms. The summed E-state index contributed by atoms with van der Waals surface area (Å²) < 4.78 is 26.5. The second-order valence-corrected chi connectivity index (χ2v) is 8.18. The molecule has 2 aromatic heterocycles. The highest BCUT2D eigenvalue weighted by Crippen LogP contribution is 2.28. The first-order chi connectivity index (χ1) is 13.9. The second kappa shape index (κ2) is 7.87. The van der Waals surface area contributed by atoms with Gasteiger partial charge in [-0.2, -0.15) is 0 Å². The van der Waals surface area contributed by atoms with Gasteiger partial charge in [-0.15, -0.1) is 11.3 Å². The zero-order valence-electron chi connectivity index (χ0n) is 16.2. The topological polar surface area (TPSA) is 49.3 Å². The molecule has 1 saturated heterocycles. The maximum Gasteiger partial charge on any atom is 0.254 e. The van der Waals surface area contributed by atoms with Gasteiger partial charge in [0.15, 0.2) is 11.6 Å². The van der Waals surface area contributed by atoms with E-state index in [2.05, 4.69) is 21.8 Å². The van der Waals surface area contributed by atoms with Crippen molar-refractivity contribution in [2.45, 2.75) is 13.8 Å². The van der Waals surface area contributed by atoms with E-state index in [-0.39, 0.29) is 11.5 Å². The van der Waals surface area contributed by atoms with Crippen LogP contribution in [0, 0.1) is 25.5 Å². The number of amides is 1. The maximum absolute atomic E-state index is 13.4. The van der Waals surface area contributed by atoms with Crippen molar-refractivity contribution in [3.63, 3.8) is 0 Å². The Kier molecular flexibility index (Phi) is 5.27. The Labute approximate surface area is 171 Å². The van der Waals surface area contributed by atoms with E-state index >= 15 is 0 Å². The van der Waals surface area contributed by atoms with Gasteiger partial charge < -0.3 is 9.80 Å². The first kappa shape index (κ1) is 19.4. The summed E-state index contributed by atoms with van der Waals surface area (Å²) in [7, 11) is 0. The zero-order valence-corrected chi connectivity index (χ0v) is 17.0. The van der Waals surface area contributed by atoms with E-state index in [1.54, 1.807) is 16.2 Å². The highest BCUT2D eigenvalue weighted by molar-refractivity contribution is 7.15. The molecule has 5 nitrogen and oxygen atoms in total. The van der Waals surface area contributed by atoms with Crippen molar-refractivity contribution in [3.05, 3.63) is 64.3 Å². The van der Waals surface area contributed by atoms with Crippen LogP contribution < -0.4 is 4.90 Å². The normalized spacial score (nSPS) is 14.3. The number of aryl methyl sites for hydroxylation is 2. The number of nitrogens with zero attached hydrogens (tertiary/aromatic N) is 4. The number of hydrogen-bond acceptors (Lipinski definition) is 5. The fourth-order valence-corrected chi connectivity index (χ4v) is 4.15. The lowest BCUT2D eigenvalue weighted by Crippen LogP contribution is -2.49. The van der Waals surface area contributed by atoms with Crippen LogP contribution >= 0.6 is 11.3 Å². The average Bonchev–Trinajstić information content (AvgIpc) is 3.08. The first-order valence-electron chi connectivity index (χ1n) is 9.32. The predicted molar refractivity (Wildman–Crippen MR) is 109 cm³/mol. The highest BCUT2D eigenvalue weighted by atomic mass is 32.1. The van der Waals surface area contributed by atoms with Crippen molar-refractivity contribution in [3.8, 4) is 10.6 Å². The molecule has 150 valence electrons. The summed E-state index contributed by atoms with van der Waals surface area (Å²) in [6.45, 7) is 6.28. The van der Waals surface area contributed by atoms with Crippen LogP contribution in [0.2, 0.25) is 0 Å². The summed E-state index contributed by atoms with van der Waals surface area (Å²) in [4.78, 5) is 26.6. The van der Waals surface area contributed by atoms with Gasteiger partial charge in [-0.1, -0.05) is 0 Å². The van der Waals surface area contributed by atoms with E-state index < -0.39 is 11.6 Å². The molecule has 3 aromatic rings. The molecule has 0 atom stereocenters. The Morgan fingerprint density at radius 1 is 1.03 bits per heavy atom. The molecule has 1 aromatic carbocycles. The van der Waals surface area contributed by atoms with Crippen molar-refractivity contribution in [2.75, 3.05) is 31.1 Å². The third kappa shape index (κ3) is 3.98. The molecule has 8 heteroatoms. The van der Waals surface area contributed by atoms with Crippen molar-refractivity contribution in [1.82, 2.24) is 14.9 Å². The molecular weight excluding hydrogens is 394 g/mol. The summed E-state index contributed by atoms with van der Waals surface area (Å²) in [6.07, 6.45) is 1.83. The predicted octanol–water partition coefficient (Wildman–Crippen LogP) is 4.06. The summed E-state index contributed by atoms with van der Waals surface area (Å²) in [5.41, 5.74) is 2.19. The lowest BCUT2D eigenvalue weighted by atomic mass is 10.1. The molecule has 4 rings (SSSR count). The zero-order chi connectivity index (χ0) is 20.5. The minimum absolute atomic E-state index is 0.161. The van der Waals surface area contributed by atoms with Gasteiger partial charge in [0.1, 0.15) is 10.8 Å². The fourth-order valence-electron chi connectivity index (χ4n) is 3.25. The first-order valence-corrected chi connectivity index (χ1v) is 10.1. The molecule has 0 unspecified atom stereocenters. The number of pyridine rings is 1. The van der Waals surface area contributed by atoms with E-state index in [1.807, 2.05) is 25.3 Å². The minimum atomic E-state index is -1.01. The van der Waals surface area contributed by atoms with Crippen LogP contribution in [0.25, 0.3) is 10.6 Å². The van der Waals surface area contributed by atoms with Crippen LogP contribution in [0.5, 0.6) is 0 Å². The number of thiazole rings is 1. The van der Waals surface area contributed by atoms with Gasteiger partial charge in [0.25, 0.3) is 5.91 Å². The van der Waals surface area contributed by atoms with Crippen LogP contribution in [-0.2, 0) is 0 Å². The number of anilines is 1. The van der Waals surface area contributed by atoms with Crippen LogP contribution in [0.15, 0.2) is 36.5 Å². The molecule has 3 heterocycles. The number of piperazine rings is 1. The number of hydrogen-bond donors (Lipinski definition) is 0. The van der Waals surface area contributed by atoms with E-state index in [1.165, 1.54) is 10.9 Å². The van der Waals surface area contributed by atoms with Gasteiger partial charge in [-0.05, 0) is 44.2 Å². The summed E-state index contributed by atoms with van der Waals surface area (Å²) >= 11 is 1.65. The maximum atomic E-state index is 13.4. The monoisotopic (exact) mass is 414 g/mol. The number of rotatable bonds is 3. The highest BCUT2D eigenvalue weighted by Gasteiger charge is 2.23. The van der Waals surface area contributed by atoms with Crippen LogP contribution in [0.1, 0.15) is 20.9 Å². The SMILES string of the molecule is Cc1nc(-c2ccc(N3CCN(C(=O)c4ccc(F)c(F)c4)CC3)nc2)sc1C. The molecule has 1 aliphatic heterocycles. The second-order valence-electron chi connectivity index (χ2n) is 6.97. The van der Waals surface area contributed by atoms with E-state index in [0.29, 0.717) is 26.2 Å². The molecule has 0 bridgehead atoms. The summed E-state index contributed by atoms with van der Waals surface area (Å²) in [5.74, 6) is -1.41. The van der Waals surface area contributed by atoms with Crippen LogP contribution in [0.3, 0.4) is 0 Å². The molecular formula is C21H20F2N4OS. The Morgan fingerprint density at radius 3 is 2.38 bits per heavy atom. The molecule has 0 spiro atoms. The Hall–Kier alpha value is -2.87. The van der Waals surface area contributed by atoms with Gasteiger partial charge in [-0.25, -0.2) is 18.7 Å². The molecule has 0 radical (unpaired) electrons. The van der Waals surface area contributed by atoms with Crippen LogP contribution in [0.4, 0.5) is 14.6 Å². The quantitative estimate of drug-likeness (QED) is 0.649. The Balaban J connectivity index is 1.40. The molecule has 0 saturated carbocycles. The lowest BCUT2D eigenvalue weighted by molar-refractivity contribution is 0.0746. The van der Waals surface area contributed by atoms with E-state index in [9.17, 15) is 13.6 Å². The number of carbonyl (C=O) groups excluding carboxylic acids is 1. The number of aromatic nitrogens is 2. The number of halogens is 2. The smallest absolute Gasteiger partial charge is 0.254 e. The molecule has 1 fully saturated rings. The van der Waals surface area contributed by atoms with Gasteiger partial charge >= 0.3 is 0 Å². The van der Waals surface area contributed by atoms with Gasteiger partial charge in [-0.3, -0.25) is 4.79 Å². The van der Waals surface area contributed by atoms with E-state index in [0.717, 1.165) is 34.2 Å². The Morgan fingerprint density at radius 2 is 1.79 bits per heavy atom. The number of carbonyl (C=O) groups is 1. The van der Waals surface area contributed by atoms with Gasteiger partial charge in [0, 0.05) is 48.4 Å². The third-order valence-electron chi connectivity index (χ3n) is 5.08. The fraction of sp³-hybridized carbons (Fsp3) is 0.286. The minimum Gasteiger partial charge on any atom is -0.353 e. The third-order valence-corrected chi connectivity index (χ3v) is 6.20. The average molecular weight is 414 g/mol. The van der Waals surface area contributed by atoms with Gasteiger partial charge in [0.05, 0.1) is 5.69 Å². The van der Waals surface area contributed by atoms with Crippen LogP contribution in [-0.4, -0.2) is 47.0 Å². The van der Waals surface area contributed by atoms with Crippen molar-refractivity contribution >= 4 is 23.1 Å². The van der Waals surface area contributed by atoms with Crippen molar-refractivity contribution < 1.29 is 13.6 Å². The molecule has 1 aliphatic rings. The summed E-state index contributed by atoms with van der Waals surface area (Å²) in [5, 5.41) is 0.959. The van der Waals surface area contributed by atoms with Crippen molar-refractivity contribution in [2.24, 2.45) is 0 Å². The molecule has 0 aliphatic carbocycles. The summed E-state index contributed by atoms with van der Waals surface area (Å²) in [6, 6.07) is 7.23.